The van der Waals surface area contributed by atoms with Gasteiger partial charge in [-0.1, -0.05) is 0 Å². The second-order valence-corrected chi connectivity index (χ2v) is 5.72. The molecule has 3 aromatic heterocycles. The van der Waals surface area contributed by atoms with E-state index >= 15 is 0 Å². The van der Waals surface area contributed by atoms with Crippen LogP contribution in [-0.4, -0.2) is 26.1 Å². The van der Waals surface area contributed by atoms with E-state index in [0.717, 1.165) is 10.7 Å². The van der Waals surface area contributed by atoms with Gasteiger partial charge in [0.25, 0.3) is 5.56 Å². The second-order valence-electron chi connectivity index (χ2n) is 4.83. The first-order valence-electron chi connectivity index (χ1n) is 7.05. The zero-order chi connectivity index (χ0) is 15.5. The van der Waals surface area contributed by atoms with Crippen LogP contribution in [0.25, 0.3) is 11.0 Å². The molecular formula is C15H16N4O2S. The third-order valence-electron chi connectivity index (χ3n) is 3.26. The standard InChI is InChI=1S/C15H16N4O2S/c1-3-21-10(2)14-18-11(8-22-14)7-19-9-17-13-12(15(19)20)5-4-6-16-13/h4-6,8-10H,3,7H2,1-2H3. The van der Waals surface area contributed by atoms with Crippen LogP contribution in [0.5, 0.6) is 0 Å². The lowest BCUT2D eigenvalue weighted by atomic mass is 10.3. The van der Waals surface area contributed by atoms with Crippen LogP contribution in [0.3, 0.4) is 0 Å². The van der Waals surface area contributed by atoms with Gasteiger partial charge < -0.3 is 4.74 Å². The molecule has 0 saturated heterocycles. The van der Waals surface area contributed by atoms with Gasteiger partial charge in [0.2, 0.25) is 0 Å². The Bertz CT molecular complexity index is 843. The van der Waals surface area contributed by atoms with Crippen LogP contribution in [0.15, 0.2) is 34.8 Å². The van der Waals surface area contributed by atoms with Gasteiger partial charge in [-0.25, -0.2) is 15.0 Å². The van der Waals surface area contributed by atoms with E-state index in [-0.39, 0.29) is 11.7 Å². The van der Waals surface area contributed by atoms with Crippen LogP contribution in [0.2, 0.25) is 0 Å². The molecule has 0 radical (unpaired) electrons. The normalized spacial score (nSPS) is 12.6. The molecule has 0 saturated carbocycles. The summed E-state index contributed by atoms with van der Waals surface area (Å²) in [5.41, 5.74) is 1.19. The van der Waals surface area contributed by atoms with E-state index in [9.17, 15) is 4.79 Å². The molecule has 0 aromatic carbocycles. The van der Waals surface area contributed by atoms with Crippen molar-refractivity contribution in [3.8, 4) is 0 Å². The molecule has 1 atom stereocenters. The summed E-state index contributed by atoms with van der Waals surface area (Å²) in [6, 6.07) is 3.47. The maximum atomic E-state index is 12.4. The van der Waals surface area contributed by atoms with Crippen LogP contribution in [0, 0.1) is 0 Å². The Labute approximate surface area is 131 Å². The lowest BCUT2D eigenvalue weighted by molar-refractivity contribution is 0.0761. The molecule has 0 fully saturated rings. The third kappa shape index (κ3) is 2.90. The molecule has 0 aliphatic heterocycles. The fourth-order valence-corrected chi connectivity index (χ4v) is 3.00. The number of rotatable bonds is 5. The van der Waals surface area contributed by atoms with E-state index in [1.807, 2.05) is 19.2 Å². The van der Waals surface area contributed by atoms with E-state index in [1.54, 1.807) is 34.2 Å². The van der Waals surface area contributed by atoms with Gasteiger partial charge in [-0.15, -0.1) is 11.3 Å². The van der Waals surface area contributed by atoms with Gasteiger partial charge in [0, 0.05) is 18.2 Å². The number of ether oxygens (including phenoxy) is 1. The molecule has 0 spiro atoms. The van der Waals surface area contributed by atoms with Gasteiger partial charge in [0.05, 0.1) is 17.6 Å². The molecule has 6 nitrogen and oxygen atoms in total. The van der Waals surface area contributed by atoms with Gasteiger partial charge in [0.15, 0.2) is 5.65 Å². The Kier molecular flexibility index (Phi) is 4.26. The molecule has 3 rings (SSSR count). The maximum Gasteiger partial charge on any atom is 0.263 e. The van der Waals surface area contributed by atoms with Crippen LogP contribution >= 0.6 is 11.3 Å². The summed E-state index contributed by atoms with van der Waals surface area (Å²) < 4.78 is 7.08. The summed E-state index contributed by atoms with van der Waals surface area (Å²) in [6.45, 7) is 4.98. The topological polar surface area (TPSA) is 69.9 Å². The fraction of sp³-hybridized carbons (Fsp3) is 0.333. The Hall–Kier alpha value is -2.12. The average molecular weight is 316 g/mol. The highest BCUT2D eigenvalue weighted by Crippen LogP contribution is 2.21. The predicted octanol–water partition coefficient (Wildman–Crippen LogP) is 2.39. The minimum Gasteiger partial charge on any atom is -0.372 e. The number of hydrogen-bond acceptors (Lipinski definition) is 6. The second kappa shape index (κ2) is 6.33. The Balaban J connectivity index is 1.87. The summed E-state index contributed by atoms with van der Waals surface area (Å²) in [5.74, 6) is 0. The molecule has 0 bridgehead atoms. The molecule has 22 heavy (non-hydrogen) atoms. The Morgan fingerprint density at radius 2 is 2.27 bits per heavy atom. The van der Waals surface area contributed by atoms with Crippen molar-refractivity contribution in [2.24, 2.45) is 0 Å². The molecule has 3 aromatic rings. The fourth-order valence-electron chi connectivity index (χ4n) is 2.19. The highest BCUT2D eigenvalue weighted by Gasteiger charge is 2.11. The number of fused-ring (bicyclic) bond motifs is 1. The maximum absolute atomic E-state index is 12.4. The monoisotopic (exact) mass is 316 g/mol. The minimum absolute atomic E-state index is 0.0283. The number of thiazole rings is 1. The van der Waals surface area contributed by atoms with Crippen molar-refractivity contribution in [2.45, 2.75) is 26.5 Å². The van der Waals surface area contributed by atoms with E-state index < -0.39 is 0 Å². The largest absolute Gasteiger partial charge is 0.372 e. The van der Waals surface area contributed by atoms with E-state index in [2.05, 4.69) is 15.0 Å². The van der Waals surface area contributed by atoms with Crippen molar-refractivity contribution in [3.05, 3.63) is 51.1 Å². The molecular weight excluding hydrogens is 300 g/mol. The van der Waals surface area contributed by atoms with Crippen molar-refractivity contribution in [1.29, 1.82) is 0 Å². The summed E-state index contributed by atoms with van der Waals surface area (Å²) in [5, 5.41) is 3.38. The lowest BCUT2D eigenvalue weighted by Gasteiger charge is -2.07. The van der Waals surface area contributed by atoms with Gasteiger partial charge in [-0.3, -0.25) is 9.36 Å². The van der Waals surface area contributed by atoms with Crippen molar-refractivity contribution in [1.82, 2.24) is 19.5 Å². The van der Waals surface area contributed by atoms with Crippen LogP contribution in [0.4, 0.5) is 0 Å². The first-order chi connectivity index (χ1) is 10.7. The smallest absolute Gasteiger partial charge is 0.263 e. The van der Waals surface area contributed by atoms with E-state index in [1.165, 1.54) is 6.33 Å². The number of aromatic nitrogens is 4. The average Bonchev–Trinajstić information content (AvgIpc) is 2.99. The molecule has 3 heterocycles. The summed E-state index contributed by atoms with van der Waals surface area (Å²) in [7, 11) is 0. The van der Waals surface area contributed by atoms with Gasteiger partial charge >= 0.3 is 0 Å². The number of pyridine rings is 1. The molecule has 0 amide bonds. The molecule has 0 aliphatic carbocycles. The van der Waals surface area contributed by atoms with Crippen molar-refractivity contribution < 1.29 is 4.74 Å². The van der Waals surface area contributed by atoms with Crippen molar-refractivity contribution in [3.63, 3.8) is 0 Å². The molecule has 7 heteroatoms. The highest BCUT2D eigenvalue weighted by molar-refractivity contribution is 7.09. The van der Waals surface area contributed by atoms with E-state index in [4.69, 9.17) is 4.74 Å². The third-order valence-corrected chi connectivity index (χ3v) is 4.32. The minimum atomic E-state index is -0.106. The van der Waals surface area contributed by atoms with Crippen LogP contribution in [0.1, 0.15) is 30.7 Å². The quantitative estimate of drug-likeness (QED) is 0.723. The first kappa shape index (κ1) is 14.8. The zero-order valence-corrected chi connectivity index (χ0v) is 13.2. The van der Waals surface area contributed by atoms with Crippen molar-refractivity contribution in [2.75, 3.05) is 6.61 Å². The molecule has 0 N–H and O–H groups in total. The highest BCUT2D eigenvalue weighted by atomic mass is 32.1. The summed E-state index contributed by atoms with van der Waals surface area (Å²) >= 11 is 1.54. The summed E-state index contributed by atoms with van der Waals surface area (Å²) in [6.07, 6.45) is 3.11. The van der Waals surface area contributed by atoms with Gasteiger partial charge in [-0.2, -0.15) is 0 Å². The summed E-state index contributed by atoms with van der Waals surface area (Å²) in [4.78, 5) is 25.2. The Morgan fingerprint density at radius 3 is 3.09 bits per heavy atom. The van der Waals surface area contributed by atoms with E-state index in [0.29, 0.717) is 24.2 Å². The molecule has 1 unspecified atom stereocenters. The van der Waals surface area contributed by atoms with Crippen molar-refractivity contribution >= 4 is 22.4 Å². The zero-order valence-electron chi connectivity index (χ0n) is 12.4. The predicted molar refractivity (Wildman–Crippen MR) is 85.1 cm³/mol. The van der Waals surface area contributed by atoms with Crippen LogP contribution < -0.4 is 5.56 Å². The van der Waals surface area contributed by atoms with Gasteiger partial charge in [0.1, 0.15) is 17.4 Å². The number of nitrogens with zero attached hydrogens (tertiary/aromatic N) is 4. The molecule has 0 aliphatic rings. The SMILES string of the molecule is CCOC(C)c1nc(Cn2cnc3ncccc3c2=O)cs1. The lowest BCUT2D eigenvalue weighted by Crippen LogP contribution is -2.21. The van der Waals surface area contributed by atoms with Crippen LogP contribution in [-0.2, 0) is 11.3 Å². The van der Waals surface area contributed by atoms with Gasteiger partial charge in [-0.05, 0) is 26.0 Å². The first-order valence-corrected chi connectivity index (χ1v) is 7.93. The Morgan fingerprint density at radius 1 is 1.41 bits per heavy atom. The molecule has 114 valence electrons. The number of hydrogen-bond donors (Lipinski definition) is 0.